The summed E-state index contributed by atoms with van der Waals surface area (Å²) in [5.74, 6) is 2.15. The Labute approximate surface area is 117 Å². The molecule has 1 saturated carbocycles. The molecule has 2 unspecified atom stereocenters. The molecule has 0 radical (unpaired) electrons. The fourth-order valence-corrected chi connectivity index (χ4v) is 3.53. The molecule has 0 saturated heterocycles. The summed E-state index contributed by atoms with van der Waals surface area (Å²) in [5.41, 5.74) is 3.71. The van der Waals surface area contributed by atoms with Crippen molar-refractivity contribution in [3.8, 4) is 0 Å². The molecule has 1 heteroatoms. The van der Waals surface area contributed by atoms with E-state index >= 15 is 0 Å². The third-order valence-electron chi connectivity index (χ3n) is 4.50. The van der Waals surface area contributed by atoms with Gasteiger partial charge < -0.3 is 0 Å². The lowest BCUT2D eigenvalue weighted by Crippen LogP contribution is -2.27. The van der Waals surface area contributed by atoms with Gasteiger partial charge in [0.05, 0.1) is 0 Å². The third kappa shape index (κ3) is 3.68. The highest BCUT2D eigenvalue weighted by atomic mass is 16.1. The van der Waals surface area contributed by atoms with Crippen LogP contribution in [0.2, 0.25) is 0 Å². The maximum atomic E-state index is 12.5. The molecule has 0 bridgehead atoms. The van der Waals surface area contributed by atoms with E-state index in [0.29, 0.717) is 30.0 Å². The predicted molar refractivity (Wildman–Crippen MR) is 80.3 cm³/mol. The number of Topliss-reactive ketones (excluding diaryl/α,β-unsaturated/α-hetero) is 1. The molecular weight excluding hydrogens is 232 g/mol. The number of benzene rings is 1. The molecule has 0 aromatic heterocycles. The topological polar surface area (TPSA) is 17.1 Å². The van der Waals surface area contributed by atoms with Gasteiger partial charge in [0.1, 0.15) is 5.78 Å². The van der Waals surface area contributed by atoms with E-state index in [1.54, 1.807) is 0 Å². The van der Waals surface area contributed by atoms with Crippen LogP contribution in [-0.4, -0.2) is 5.78 Å². The maximum absolute atomic E-state index is 12.5. The molecular formula is C18H26O. The number of ketones is 1. The van der Waals surface area contributed by atoms with Gasteiger partial charge in [-0.15, -0.1) is 0 Å². The van der Waals surface area contributed by atoms with Crippen molar-refractivity contribution >= 4 is 5.78 Å². The zero-order valence-electron chi connectivity index (χ0n) is 12.7. The van der Waals surface area contributed by atoms with Crippen molar-refractivity contribution < 1.29 is 4.79 Å². The Balaban J connectivity index is 2.06. The third-order valence-corrected chi connectivity index (χ3v) is 4.50. The van der Waals surface area contributed by atoms with Crippen LogP contribution in [0.15, 0.2) is 18.2 Å². The van der Waals surface area contributed by atoms with E-state index in [2.05, 4.69) is 45.9 Å². The van der Waals surface area contributed by atoms with Crippen LogP contribution in [0.25, 0.3) is 0 Å². The van der Waals surface area contributed by atoms with Crippen molar-refractivity contribution in [1.29, 1.82) is 0 Å². The van der Waals surface area contributed by atoms with Crippen molar-refractivity contribution in [3.63, 3.8) is 0 Å². The van der Waals surface area contributed by atoms with Crippen molar-refractivity contribution in [1.82, 2.24) is 0 Å². The molecule has 104 valence electrons. The molecule has 1 nitrogen and oxygen atoms in total. The van der Waals surface area contributed by atoms with Gasteiger partial charge in [-0.05, 0) is 56.1 Å². The second-order valence-corrected chi connectivity index (χ2v) is 6.69. The quantitative estimate of drug-likeness (QED) is 0.781. The molecule has 1 aromatic carbocycles. The molecule has 0 spiro atoms. The molecule has 1 aliphatic carbocycles. The summed E-state index contributed by atoms with van der Waals surface area (Å²) in [6.45, 7) is 8.77. The number of hydrogen-bond acceptors (Lipinski definition) is 1. The number of rotatable bonds is 3. The fourth-order valence-electron chi connectivity index (χ4n) is 3.53. The molecule has 1 fully saturated rings. The van der Waals surface area contributed by atoms with Gasteiger partial charge in [0.25, 0.3) is 0 Å². The second kappa shape index (κ2) is 5.90. The highest BCUT2D eigenvalue weighted by molar-refractivity contribution is 5.83. The Bertz CT molecular complexity index is 451. The van der Waals surface area contributed by atoms with Crippen LogP contribution in [0.1, 0.15) is 49.8 Å². The SMILES string of the molecule is Cc1ccc(C)c(CC(=O)C2CC(C)CC(C)C2)c1. The fraction of sp³-hybridized carbons (Fsp3) is 0.611. The number of carbonyl (C=O) groups is 1. The highest BCUT2D eigenvalue weighted by Gasteiger charge is 2.28. The van der Waals surface area contributed by atoms with E-state index in [9.17, 15) is 4.79 Å². The van der Waals surface area contributed by atoms with Gasteiger partial charge in [-0.1, -0.05) is 37.6 Å². The van der Waals surface area contributed by atoms with Gasteiger partial charge in [-0.3, -0.25) is 4.79 Å². The molecule has 1 aromatic rings. The van der Waals surface area contributed by atoms with Crippen LogP contribution in [0.3, 0.4) is 0 Å². The van der Waals surface area contributed by atoms with E-state index < -0.39 is 0 Å². The molecule has 19 heavy (non-hydrogen) atoms. The van der Waals surface area contributed by atoms with Gasteiger partial charge in [-0.2, -0.15) is 0 Å². The first-order valence-electron chi connectivity index (χ1n) is 7.54. The molecule has 0 aliphatic heterocycles. The van der Waals surface area contributed by atoms with E-state index in [1.165, 1.54) is 23.1 Å². The van der Waals surface area contributed by atoms with E-state index in [4.69, 9.17) is 0 Å². The molecule has 2 atom stereocenters. The largest absolute Gasteiger partial charge is 0.299 e. The lowest BCUT2D eigenvalue weighted by molar-refractivity contribution is -0.124. The molecule has 1 aliphatic rings. The normalized spacial score (nSPS) is 27.3. The van der Waals surface area contributed by atoms with Gasteiger partial charge in [0.15, 0.2) is 0 Å². The van der Waals surface area contributed by atoms with Crippen molar-refractivity contribution in [2.75, 3.05) is 0 Å². The number of carbonyl (C=O) groups excluding carboxylic acids is 1. The number of aryl methyl sites for hydroxylation is 2. The average Bonchev–Trinajstić information content (AvgIpc) is 2.32. The molecule has 0 heterocycles. The van der Waals surface area contributed by atoms with E-state index in [1.807, 2.05) is 0 Å². The lowest BCUT2D eigenvalue weighted by atomic mass is 9.74. The zero-order chi connectivity index (χ0) is 14.0. The molecule has 0 N–H and O–H groups in total. The first-order valence-corrected chi connectivity index (χ1v) is 7.54. The minimum absolute atomic E-state index is 0.290. The van der Waals surface area contributed by atoms with Crippen LogP contribution in [0, 0.1) is 31.6 Å². The van der Waals surface area contributed by atoms with Crippen molar-refractivity contribution in [2.24, 2.45) is 17.8 Å². The monoisotopic (exact) mass is 258 g/mol. The van der Waals surface area contributed by atoms with Gasteiger partial charge in [-0.25, -0.2) is 0 Å². The first-order chi connectivity index (χ1) is 8.95. The lowest BCUT2D eigenvalue weighted by Gasteiger charge is -2.30. The molecule has 0 amide bonds. The minimum atomic E-state index is 0.290. The summed E-state index contributed by atoms with van der Waals surface area (Å²) in [4.78, 5) is 12.5. The highest BCUT2D eigenvalue weighted by Crippen LogP contribution is 2.34. The smallest absolute Gasteiger partial charge is 0.140 e. The van der Waals surface area contributed by atoms with Crippen LogP contribution in [0.4, 0.5) is 0 Å². The summed E-state index contributed by atoms with van der Waals surface area (Å²) in [6.07, 6.45) is 4.09. The number of hydrogen-bond donors (Lipinski definition) is 0. The van der Waals surface area contributed by atoms with E-state index in [0.717, 1.165) is 12.8 Å². The summed E-state index contributed by atoms with van der Waals surface area (Å²) >= 11 is 0. The second-order valence-electron chi connectivity index (χ2n) is 6.69. The molecule has 2 rings (SSSR count). The standard InChI is InChI=1S/C18H26O/c1-12-5-6-15(4)16(8-12)11-18(19)17-9-13(2)7-14(3)10-17/h5-6,8,13-14,17H,7,9-11H2,1-4H3. The Morgan fingerprint density at radius 3 is 2.37 bits per heavy atom. The van der Waals surface area contributed by atoms with Crippen LogP contribution in [0.5, 0.6) is 0 Å². The van der Waals surface area contributed by atoms with Crippen molar-refractivity contribution in [2.45, 2.75) is 53.4 Å². The minimum Gasteiger partial charge on any atom is -0.299 e. The Kier molecular flexibility index (Phi) is 4.44. The maximum Gasteiger partial charge on any atom is 0.140 e. The Morgan fingerprint density at radius 1 is 1.11 bits per heavy atom. The average molecular weight is 258 g/mol. The Morgan fingerprint density at radius 2 is 1.74 bits per heavy atom. The summed E-state index contributed by atoms with van der Waals surface area (Å²) in [7, 11) is 0. The van der Waals surface area contributed by atoms with Gasteiger partial charge >= 0.3 is 0 Å². The summed E-state index contributed by atoms with van der Waals surface area (Å²) in [5, 5.41) is 0. The van der Waals surface area contributed by atoms with Gasteiger partial charge in [0.2, 0.25) is 0 Å². The summed E-state index contributed by atoms with van der Waals surface area (Å²) < 4.78 is 0. The zero-order valence-corrected chi connectivity index (χ0v) is 12.7. The van der Waals surface area contributed by atoms with Crippen LogP contribution >= 0.6 is 0 Å². The van der Waals surface area contributed by atoms with Crippen LogP contribution < -0.4 is 0 Å². The Hall–Kier alpha value is -1.11. The van der Waals surface area contributed by atoms with E-state index in [-0.39, 0.29) is 0 Å². The predicted octanol–water partition coefficient (Wildman–Crippen LogP) is 4.49. The first kappa shape index (κ1) is 14.3. The van der Waals surface area contributed by atoms with Crippen LogP contribution in [-0.2, 0) is 11.2 Å². The van der Waals surface area contributed by atoms with Gasteiger partial charge in [0, 0.05) is 12.3 Å². The summed E-state index contributed by atoms with van der Waals surface area (Å²) in [6, 6.07) is 6.42. The van der Waals surface area contributed by atoms with Crippen molar-refractivity contribution in [3.05, 3.63) is 34.9 Å².